The van der Waals surface area contributed by atoms with Crippen LogP contribution in [-0.2, 0) is 0 Å². The van der Waals surface area contributed by atoms with Crippen LogP contribution in [0, 0.1) is 5.92 Å². The maximum Gasteiger partial charge on any atom is 0.0951 e. The van der Waals surface area contributed by atoms with E-state index in [-0.39, 0.29) is 0 Å². The molecule has 23 heavy (non-hydrogen) atoms. The number of rotatable bonds is 6. The Bertz CT molecular complexity index is 713. The minimum Gasteiger partial charge on any atom is -0.330 e. The van der Waals surface area contributed by atoms with Crippen LogP contribution in [0.1, 0.15) is 38.3 Å². The second kappa shape index (κ2) is 7.28. The van der Waals surface area contributed by atoms with Crippen LogP contribution in [0.25, 0.3) is 11.1 Å². The van der Waals surface area contributed by atoms with Gasteiger partial charge in [-0.25, -0.2) is 4.98 Å². The van der Waals surface area contributed by atoms with Crippen molar-refractivity contribution < 1.29 is 0 Å². The van der Waals surface area contributed by atoms with Crippen molar-refractivity contribution in [1.82, 2.24) is 9.55 Å². The molecule has 0 aliphatic carbocycles. The molecule has 1 atom stereocenters. The molecule has 0 amide bonds. The van der Waals surface area contributed by atoms with E-state index in [0.717, 1.165) is 12.8 Å². The number of benzene rings is 2. The Morgan fingerprint density at radius 1 is 0.913 bits per heavy atom. The van der Waals surface area contributed by atoms with Gasteiger partial charge in [0.25, 0.3) is 0 Å². The monoisotopic (exact) mass is 304 g/mol. The Kier molecular flexibility index (Phi) is 4.92. The number of imidazole rings is 1. The van der Waals surface area contributed by atoms with Gasteiger partial charge >= 0.3 is 0 Å². The molecule has 0 aliphatic heterocycles. The first-order valence-electron chi connectivity index (χ1n) is 8.46. The lowest BCUT2D eigenvalue weighted by atomic mass is 9.87. The summed E-state index contributed by atoms with van der Waals surface area (Å²) >= 11 is 0. The molecule has 0 saturated carbocycles. The molecule has 2 heteroatoms. The van der Waals surface area contributed by atoms with Crippen LogP contribution in [0.5, 0.6) is 0 Å². The summed E-state index contributed by atoms with van der Waals surface area (Å²) in [4.78, 5) is 4.26. The molecule has 0 spiro atoms. The fourth-order valence-electron chi connectivity index (χ4n) is 3.39. The first kappa shape index (κ1) is 15.5. The SMILES string of the molecule is CCC(CC)C(c1cccc(-c2ccccc2)c1)n1ccnc1. The Morgan fingerprint density at radius 2 is 1.65 bits per heavy atom. The molecule has 0 bridgehead atoms. The average molecular weight is 304 g/mol. The van der Waals surface area contributed by atoms with Crippen molar-refractivity contribution >= 4 is 0 Å². The third-order valence-corrected chi connectivity index (χ3v) is 4.68. The minimum atomic E-state index is 0.344. The van der Waals surface area contributed by atoms with Gasteiger partial charge in [-0.3, -0.25) is 0 Å². The molecule has 118 valence electrons. The lowest BCUT2D eigenvalue weighted by Gasteiger charge is -2.27. The first-order valence-corrected chi connectivity index (χ1v) is 8.46. The van der Waals surface area contributed by atoms with E-state index < -0.39 is 0 Å². The van der Waals surface area contributed by atoms with Crippen molar-refractivity contribution in [3.63, 3.8) is 0 Å². The topological polar surface area (TPSA) is 17.8 Å². The highest BCUT2D eigenvalue weighted by molar-refractivity contribution is 5.64. The van der Waals surface area contributed by atoms with Crippen molar-refractivity contribution in [2.24, 2.45) is 5.92 Å². The zero-order valence-corrected chi connectivity index (χ0v) is 13.9. The van der Waals surface area contributed by atoms with Gasteiger partial charge in [0.05, 0.1) is 12.4 Å². The average Bonchev–Trinajstić information content (AvgIpc) is 3.14. The summed E-state index contributed by atoms with van der Waals surface area (Å²) in [5.74, 6) is 0.607. The van der Waals surface area contributed by atoms with Gasteiger partial charge < -0.3 is 4.57 Å². The van der Waals surface area contributed by atoms with Crippen LogP contribution < -0.4 is 0 Å². The summed E-state index contributed by atoms with van der Waals surface area (Å²) in [6.45, 7) is 4.55. The van der Waals surface area contributed by atoms with Gasteiger partial charge in [0, 0.05) is 12.4 Å². The second-order valence-electron chi connectivity index (χ2n) is 6.02. The summed E-state index contributed by atoms with van der Waals surface area (Å²) in [6, 6.07) is 19.9. The Morgan fingerprint density at radius 3 is 2.30 bits per heavy atom. The number of hydrogen-bond donors (Lipinski definition) is 0. The highest BCUT2D eigenvalue weighted by Gasteiger charge is 2.22. The van der Waals surface area contributed by atoms with Crippen molar-refractivity contribution in [2.45, 2.75) is 32.7 Å². The van der Waals surface area contributed by atoms with Crippen molar-refractivity contribution in [3.05, 3.63) is 78.9 Å². The van der Waals surface area contributed by atoms with Crippen LogP contribution in [0.15, 0.2) is 73.3 Å². The third kappa shape index (κ3) is 3.37. The summed E-state index contributed by atoms with van der Waals surface area (Å²) < 4.78 is 2.25. The fraction of sp³-hybridized carbons (Fsp3) is 0.286. The number of aromatic nitrogens is 2. The van der Waals surface area contributed by atoms with E-state index in [0.29, 0.717) is 12.0 Å². The zero-order chi connectivity index (χ0) is 16.1. The maximum atomic E-state index is 4.26. The standard InChI is InChI=1S/C21H24N2/c1-3-17(4-2)21(23-14-13-22-16-23)20-12-8-11-19(15-20)18-9-6-5-7-10-18/h5-17,21H,3-4H2,1-2H3. The molecule has 0 fully saturated rings. The van der Waals surface area contributed by atoms with E-state index in [9.17, 15) is 0 Å². The molecule has 1 unspecified atom stereocenters. The van der Waals surface area contributed by atoms with E-state index in [2.05, 4.69) is 84.2 Å². The molecule has 3 aromatic rings. The van der Waals surface area contributed by atoms with Crippen molar-refractivity contribution in [1.29, 1.82) is 0 Å². The van der Waals surface area contributed by atoms with E-state index in [1.54, 1.807) is 0 Å². The molecule has 0 N–H and O–H groups in total. The maximum absolute atomic E-state index is 4.26. The molecular formula is C21H24N2. The Balaban J connectivity index is 2.03. The first-order chi connectivity index (χ1) is 11.3. The normalized spacial score (nSPS) is 12.5. The van der Waals surface area contributed by atoms with Gasteiger partial charge in [0.1, 0.15) is 0 Å². The van der Waals surface area contributed by atoms with E-state index in [1.165, 1.54) is 16.7 Å². The summed E-state index contributed by atoms with van der Waals surface area (Å²) in [5.41, 5.74) is 3.90. The van der Waals surface area contributed by atoms with Gasteiger partial charge in [-0.2, -0.15) is 0 Å². The molecule has 0 radical (unpaired) electrons. The van der Waals surface area contributed by atoms with Gasteiger partial charge in [0.15, 0.2) is 0 Å². The molecule has 1 heterocycles. The van der Waals surface area contributed by atoms with E-state index in [4.69, 9.17) is 0 Å². The van der Waals surface area contributed by atoms with Crippen molar-refractivity contribution in [3.8, 4) is 11.1 Å². The van der Waals surface area contributed by atoms with Crippen molar-refractivity contribution in [2.75, 3.05) is 0 Å². The molecule has 0 saturated heterocycles. The van der Waals surface area contributed by atoms with Crippen LogP contribution in [0.3, 0.4) is 0 Å². The number of hydrogen-bond acceptors (Lipinski definition) is 1. The summed E-state index contributed by atoms with van der Waals surface area (Å²) in [5, 5.41) is 0. The molecule has 0 aliphatic rings. The van der Waals surface area contributed by atoms with E-state index in [1.807, 2.05) is 12.5 Å². The fourth-order valence-corrected chi connectivity index (χ4v) is 3.39. The van der Waals surface area contributed by atoms with Gasteiger partial charge in [-0.1, -0.05) is 75.2 Å². The predicted octanol–water partition coefficient (Wildman–Crippen LogP) is 5.58. The largest absolute Gasteiger partial charge is 0.330 e. The predicted molar refractivity (Wildman–Crippen MR) is 96.3 cm³/mol. The number of nitrogens with zero attached hydrogens (tertiary/aromatic N) is 2. The van der Waals surface area contributed by atoms with Gasteiger partial charge in [-0.15, -0.1) is 0 Å². The van der Waals surface area contributed by atoms with E-state index >= 15 is 0 Å². The van der Waals surface area contributed by atoms with Gasteiger partial charge in [-0.05, 0) is 28.7 Å². The Hall–Kier alpha value is -2.35. The minimum absolute atomic E-state index is 0.344. The van der Waals surface area contributed by atoms with Crippen LogP contribution in [0.4, 0.5) is 0 Å². The summed E-state index contributed by atoms with van der Waals surface area (Å²) in [7, 11) is 0. The molecular weight excluding hydrogens is 280 g/mol. The summed E-state index contributed by atoms with van der Waals surface area (Å²) in [6.07, 6.45) is 8.22. The van der Waals surface area contributed by atoms with Crippen LogP contribution in [-0.4, -0.2) is 9.55 Å². The Labute approximate surface area is 138 Å². The highest BCUT2D eigenvalue weighted by atomic mass is 15.1. The van der Waals surface area contributed by atoms with Crippen LogP contribution in [0.2, 0.25) is 0 Å². The third-order valence-electron chi connectivity index (χ3n) is 4.68. The second-order valence-corrected chi connectivity index (χ2v) is 6.02. The molecule has 2 aromatic carbocycles. The highest BCUT2D eigenvalue weighted by Crippen LogP contribution is 2.33. The van der Waals surface area contributed by atoms with Gasteiger partial charge in [0.2, 0.25) is 0 Å². The lowest BCUT2D eigenvalue weighted by Crippen LogP contribution is -2.19. The molecule has 2 nitrogen and oxygen atoms in total. The smallest absolute Gasteiger partial charge is 0.0951 e. The quantitative estimate of drug-likeness (QED) is 0.581. The zero-order valence-electron chi connectivity index (χ0n) is 13.9. The molecule has 1 aromatic heterocycles. The lowest BCUT2D eigenvalue weighted by molar-refractivity contribution is 0.355. The molecule has 3 rings (SSSR count). The van der Waals surface area contributed by atoms with Crippen LogP contribution >= 0.6 is 0 Å².